The standard InChI is InChI=1S/C9H10BIO3/c1-5-9-7(10(12)14-5)3-6(13-2)4-8(9)11/h3-5,12H,1-2H3. The molecule has 0 saturated heterocycles. The van der Waals surface area contributed by atoms with Gasteiger partial charge in [0.1, 0.15) is 5.75 Å². The summed E-state index contributed by atoms with van der Waals surface area (Å²) >= 11 is 2.23. The molecular weight excluding hydrogens is 294 g/mol. The molecule has 1 heterocycles. The van der Waals surface area contributed by atoms with Crippen LogP contribution in [0.2, 0.25) is 0 Å². The molecule has 0 fully saturated rings. The van der Waals surface area contributed by atoms with Gasteiger partial charge in [-0.3, -0.25) is 0 Å². The lowest BCUT2D eigenvalue weighted by molar-refractivity contribution is 0.208. The normalized spacial score (nSPS) is 19.7. The highest BCUT2D eigenvalue weighted by molar-refractivity contribution is 14.1. The Bertz CT molecular complexity index is 369. The fraction of sp³-hybridized carbons (Fsp3) is 0.333. The highest BCUT2D eigenvalue weighted by atomic mass is 127. The number of hydrogen-bond donors (Lipinski definition) is 1. The molecule has 0 saturated carbocycles. The van der Waals surface area contributed by atoms with E-state index in [1.54, 1.807) is 7.11 Å². The van der Waals surface area contributed by atoms with Gasteiger partial charge in [0, 0.05) is 3.57 Å². The van der Waals surface area contributed by atoms with E-state index in [4.69, 9.17) is 9.39 Å². The monoisotopic (exact) mass is 304 g/mol. The second-order valence-electron chi connectivity index (χ2n) is 3.24. The molecule has 14 heavy (non-hydrogen) atoms. The predicted octanol–water partition coefficient (Wildman–Crippen LogP) is 1.08. The zero-order valence-electron chi connectivity index (χ0n) is 7.95. The minimum Gasteiger partial charge on any atom is -0.497 e. The Hall–Kier alpha value is -0.265. The molecule has 0 amide bonds. The van der Waals surface area contributed by atoms with Gasteiger partial charge in [0.05, 0.1) is 13.2 Å². The van der Waals surface area contributed by atoms with Gasteiger partial charge in [-0.25, -0.2) is 0 Å². The molecule has 2 rings (SSSR count). The summed E-state index contributed by atoms with van der Waals surface area (Å²) in [5.74, 6) is 0.755. The van der Waals surface area contributed by atoms with E-state index >= 15 is 0 Å². The Kier molecular flexibility index (Phi) is 2.72. The van der Waals surface area contributed by atoms with Crippen molar-refractivity contribution in [1.29, 1.82) is 0 Å². The van der Waals surface area contributed by atoms with Crippen molar-refractivity contribution in [2.75, 3.05) is 7.11 Å². The van der Waals surface area contributed by atoms with E-state index in [0.717, 1.165) is 20.3 Å². The van der Waals surface area contributed by atoms with Crippen molar-refractivity contribution >= 4 is 35.2 Å². The van der Waals surface area contributed by atoms with Gasteiger partial charge >= 0.3 is 7.12 Å². The van der Waals surface area contributed by atoms with Crippen molar-refractivity contribution in [3.63, 3.8) is 0 Å². The highest BCUT2D eigenvalue weighted by Gasteiger charge is 2.34. The molecule has 0 aromatic heterocycles. The first kappa shape index (κ1) is 10.3. The SMILES string of the molecule is COc1cc(I)c2c(c1)B(O)OC2C. The third-order valence-electron chi connectivity index (χ3n) is 2.38. The van der Waals surface area contributed by atoms with Gasteiger partial charge in [0.2, 0.25) is 0 Å². The fourth-order valence-electron chi connectivity index (χ4n) is 1.70. The van der Waals surface area contributed by atoms with E-state index in [9.17, 15) is 5.02 Å². The molecule has 0 spiro atoms. The van der Waals surface area contributed by atoms with E-state index in [1.165, 1.54) is 0 Å². The molecule has 0 bridgehead atoms. The van der Waals surface area contributed by atoms with Gasteiger partial charge in [-0.1, -0.05) is 0 Å². The van der Waals surface area contributed by atoms with Crippen LogP contribution in [0.3, 0.4) is 0 Å². The summed E-state index contributed by atoms with van der Waals surface area (Å²) in [6, 6.07) is 3.77. The molecule has 74 valence electrons. The molecule has 1 unspecified atom stereocenters. The summed E-state index contributed by atoms with van der Waals surface area (Å²) in [7, 11) is 0.798. The number of rotatable bonds is 1. The molecule has 5 heteroatoms. The summed E-state index contributed by atoms with van der Waals surface area (Å²) in [6.07, 6.45) is -0.0437. The van der Waals surface area contributed by atoms with Crippen LogP contribution in [0.15, 0.2) is 12.1 Å². The zero-order valence-corrected chi connectivity index (χ0v) is 10.1. The third-order valence-corrected chi connectivity index (χ3v) is 3.27. The average molecular weight is 304 g/mol. The first-order valence-electron chi connectivity index (χ1n) is 4.34. The summed E-state index contributed by atoms with van der Waals surface area (Å²) in [6.45, 7) is 1.93. The number of hydrogen-bond acceptors (Lipinski definition) is 3. The summed E-state index contributed by atoms with van der Waals surface area (Å²) < 4.78 is 11.5. The number of benzene rings is 1. The smallest absolute Gasteiger partial charge is 0.492 e. The van der Waals surface area contributed by atoms with Gasteiger partial charge in [0.15, 0.2) is 0 Å². The van der Waals surface area contributed by atoms with Crippen LogP contribution in [0, 0.1) is 3.57 Å². The minimum atomic E-state index is -0.816. The van der Waals surface area contributed by atoms with Crippen LogP contribution in [-0.2, 0) is 4.65 Å². The van der Waals surface area contributed by atoms with E-state index in [0.29, 0.717) is 0 Å². The Labute approximate surface area is 96.7 Å². The van der Waals surface area contributed by atoms with Crippen molar-refractivity contribution in [2.24, 2.45) is 0 Å². The number of fused-ring (bicyclic) bond motifs is 1. The van der Waals surface area contributed by atoms with Crippen LogP contribution >= 0.6 is 22.6 Å². The third kappa shape index (κ3) is 1.53. The molecule has 0 radical (unpaired) electrons. The molecule has 0 aliphatic carbocycles. The van der Waals surface area contributed by atoms with Crippen molar-refractivity contribution in [1.82, 2.24) is 0 Å². The second kappa shape index (κ2) is 3.71. The number of halogens is 1. The quantitative estimate of drug-likeness (QED) is 0.623. The molecule has 1 aliphatic rings. The molecule has 1 atom stereocenters. The largest absolute Gasteiger partial charge is 0.497 e. The van der Waals surface area contributed by atoms with Crippen molar-refractivity contribution < 1.29 is 14.4 Å². The van der Waals surface area contributed by atoms with Gasteiger partial charge in [-0.15, -0.1) is 0 Å². The fourth-order valence-corrected chi connectivity index (χ4v) is 2.76. The van der Waals surface area contributed by atoms with Crippen molar-refractivity contribution in [3.8, 4) is 5.75 Å². The lowest BCUT2D eigenvalue weighted by Crippen LogP contribution is -2.28. The minimum absolute atomic E-state index is 0.0437. The van der Waals surface area contributed by atoms with Crippen molar-refractivity contribution in [2.45, 2.75) is 13.0 Å². The Balaban J connectivity index is 2.57. The first-order valence-corrected chi connectivity index (χ1v) is 5.42. The molecule has 1 aliphatic heterocycles. The molecule has 1 aromatic carbocycles. The van der Waals surface area contributed by atoms with Gasteiger partial charge in [-0.05, 0) is 52.7 Å². The lowest BCUT2D eigenvalue weighted by Gasteiger charge is -2.08. The van der Waals surface area contributed by atoms with E-state index in [1.807, 2.05) is 19.1 Å². The summed E-state index contributed by atoms with van der Waals surface area (Å²) in [5.41, 5.74) is 1.89. The van der Waals surface area contributed by atoms with E-state index in [2.05, 4.69) is 22.6 Å². The van der Waals surface area contributed by atoms with Crippen LogP contribution in [-0.4, -0.2) is 19.3 Å². The van der Waals surface area contributed by atoms with Gasteiger partial charge < -0.3 is 14.4 Å². The zero-order chi connectivity index (χ0) is 10.3. The number of methoxy groups -OCH3 is 1. The average Bonchev–Trinajstić information content (AvgIpc) is 2.42. The van der Waals surface area contributed by atoms with Gasteiger partial charge in [0.25, 0.3) is 0 Å². The van der Waals surface area contributed by atoms with Gasteiger partial charge in [-0.2, -0.15) is 0 Å². The van der Waals surface area contributed by atoms with Crippen LogP contribution in [0.5, 0.6) is 5.75 Å². The molecule has 1 N–H and O–H groups in total. The molecule has 1 aromatic rings. The van der Waals surface area contributed by atoms with Crippen LogP contribution in [0.25, 0.3) is 0 Å². The number of ether oxygens (including phenoxy) is 1. The van der Waals surface area contributed by atoms with Crippen LogP contribution in [0.1, 0.15) is 18.6 Å². The topological polar surface area (TPSA) is 38.7 Å². The van der Waals surface area contributed by atoms with Crippen LogP contribution < -0.4 is 10.2 Å². The highest BCUT2D eigenvalue weighted by Crippen LogP contribution is 2.29. The molecular formula is C9H10BIO3. The maximum atomic E-state index is 9.62. The summed E-state index contributed by atoms with van der Waals surface area (Å²) in [5, 5.41) is 9.62. The lowest BCUT2D eigenvalue weighted by atomic mass is 9.79. The first-order chi connectivity index (χ1) is 6.63. The van der Waals surface area contributed by atoms with E-state index < -0.39 is 7.12 Å². The maximum Gasteiger partial charge on any atom is 0.492 e. The van der Waals surface area contributed by atoms with E-state index in [-0.39, 0.29) is 6.10 Å². The Morgan fingerprint density at radius 3 is 2.93 bits per heavy atom. The Morgan fingerprint density at radius 2 is 2.29 bits per heavy atom. The Morgan fingerprint density at radius 1 is 1.57 bits per heavy atom. The van der Waals surface area contributed by atoms with Crippen molar-refractivity contribution in [3.05, 3.63) is 21.3 Å². The summed E-state index contributed by atoms with van der Waals surface area (Å²) in [4.78, 5) is 0. The predicted molar refractivity (Wildman–Crippen MR) is 62.8 cm³/mol. The second-order valence-corrected chi connectivity index (χ2v) is 4.40. The van der Waals surface area contributed by atoms with Crippen LogP contribution in [0.4, 0.5) is 0 Å². The maximum absolute atomic E-state index is 9.62. The molecule has 3 nitrogen and oxygen atoms in total.